The van der Waals surface area contributed by atoms with Gasteiger partial charge in [-0.05, 0) is 25.1 Å². The van der Waals surface area contributed by atoms with Gasteiger partial charge in [0, 0.05) is 11.8 Å². The molecule has 18 heavy (non-hydrogen) atoms. The summed E-state index contributed by atoms with van der Waals surface area (Å²) < 4.78 is 39.0. The number of rotatable bonds is 1. The second-order valence-electron chi connectivity index (χ2n) is 3.67. The third-order valence-corrected chi connectivity index (χ3v) is 2.32. The largest absolute Gasteiger partial charge is 0.416 e. The van der Waals surface area contributed by atoms with E-state index in [1.807, 2.05) is 0 Å². The van der Waals surface area contributed by atoms with Crippen LogP contribution in [0.15, 0.2) is 30.3 Å². The van der Waals surface area contributed by atoms with Crippen molar-refractivity contribution in [1.82, 2.24) is 9.78 Å². The van der Waals surface area contributed by atoms with Gasteiger partial charge in [0.2, 0.25) is 0 Å². The topological polar surface area (TPSA) is 43.8 Å². The van der Waals surface area contributed by atoms with Crippen molar-refractivity contribution in [2.24, 2.45) is 0 Å². The SMILES string of the molecule is Cc1cc(N)nn1-c1cccc(C(F)(F)F)c1.Cl. The number of halogens is 4. The van der Waals surface area contributed by atoms with Gasteiger partial charge >= 0.3 is 6.18 Å². The predicted molar refractivity (Wildman–Crippen MR) is 65.0 cm³/mol. The van der Waals surface area contributed by atoms with Crippen LogP contribution in [-0.2, 0) is 6.18 Å². The Morgan fingerprint density at radius 1 is 1.22 bits per heavy atom. The quantitative estimate of drug-likeness (QED) is 0.870. The van der Waals surface area contributed by atoms with Gasteiger partial charge in [-0.25, -0.2) is 4.68 Å². The molecule has 0 atom stereocenters. The van der Waals surface area contributed by atoms with Crippen LogP contribution in [0.3, 0.4) is 0 Å². The molecule has 0 aliphatic carbocycles. The number of nitrogens with zero attached hydrogens (tertiary/aromatic N) is 2. The van der Waals surface area contributed by atoms with E-state index in [-0.39, 0.29) is 18.2 Å². The first-order chi connectivity index (χ1) is 7.88. The zero-order valence-electron chi connectivity index (χ0n) is 9.40. The molecule has 1 heterocycles. The standard InChI is InChI=1S/C11H10F3N3.ClH/c1-7-5-10(15)16-17(7)9-4-2-3-8(6-9)11(12,13)14;/h2-6H,1H3,(H2,15,16);1H. The lowest BCUT2D eigenvalue weighted by Crippen LogP contribution is -2.07. The van der Waals surface area contributed by atoms with E-state index in [2.05, 4.69) is 5.10 Å². The molecule has 3 nitrogen and oxygen atoms in total. The Morgan fingerprint density at radius 3 is 2.39 bits per heavy atom. The number of nitrogen functional groups attached to an aromatic ring is 1. The average Bonchev–Trinajstić information content (AvgIpc) is 2.57. The van der Waals surface area contributed by atoms with Gasteiger partial charge in [-0.2, -0.15) is 18.3 Å². The Kier molecular flexibility index (Phi) is 3.91. The van der Waals surface area contributed by atoms with Crippen LogP contribution in [0.1, 0.15) is 11.3 Å². The maximum absolute atomic E-state index is 12.5. The number of nitrogens with two attached hydrogens (primary N) is 1. The lowest BCUT2D eigenvalue weighted by atomic mass is 10.2. The third kappa shape index (κ3) is 2.76. The van der Waals surface area contributed by atoms with Crippen molar-refractivity contribution < 1.29 is 13.2 Å². The van der Waals surface area contributed by atoms with Crippen LogP contribution in [0.4, 0.5) is 19.0 Å². The number of benzene rings is 1. The number of hydrogen-bond donors (Lipinski definition) is 1. The fourth-order valence-corrected chi connectivity index (χ4v) is 1.57. The molecule has 0 spiro atoms. The van der Waals surface area contributed by atoms with Crippen LogP contribution >= 0.6 is 12.4 Å². The highest BCUT2D eigenvalue weighted by Gasteiger charge is 2.30. The second kappa shape index (κ2) is 4.89. The smallest absolute Gasteiger partial charge is 0.382 e. The molecule has 98 valence electrons. The Hall–Kier alpha value is -1.69. The highest BCUT2D eigenvalue weighted by molar-refractivity contribution is 5.85. The summed E-state index contributed by atoms with van der Waals surface area (Å²) in [4.78, 5) is 0. The molecule has 0 fully saturated rings. The second-order valence-corrected chi connectivity index (χ2v) is 3.67. The van der Waals surface area contributed by atoms with E-state index in [0.29, 0.717) is 11.4 Å². The van der Waals surface area contributed by atoms with Gasteiger partial charge < -0.3 is 5.73 Å². The first kappa shape index (κ1) is 14.4. The predicted octanol–water partition coefficient (Wildman–Crippen LogP) is 3.20. The fourth-order valence-electron chi connectivity index (χ4n) is 1.57. The molecular weight excluding hydrogens is 267 g/mol. The third-order valence-electron chi connectivity index (χ3n) is 2.32. The minimum atomic E-state index is -4.36. The summed E-state index contributed by atoms with van der Waals surface area (Å²) in [7, 11) is 0. The molecule has 2 N–H and O–H groups in total. The van der Waals surface area contributed by atoms with Crippen molar-refractivity contribution in [2.45, 2.75) is 13.1 Å². The summed E-state index contributed by atoms with van der Waals surface area (Å²) >= 11 is 0. The normalized spacial score (nSPS) is 11.1. The molecule has 1 aromatic carbocycles. The maximum Gasteiger partial charge on any atom is 0.416 e. The minimum absolute atomic E-state index is 0. The van der Waals surface area contributed by atoms with Gasteiger partial charge in [0.1, 0.15) is 5.82 Å². The summed E-state index contributed by atoms with van der Waals surface area (Å²) in [5, 5.41) is 3.93. The minimum Gasteiger partial charge on any atom is -0.382 e. The van der Waals surface area contributed by atoms with Crippen molar-refractivity contribution in [1.29, 1.82) is 0 Å². The molecule has 7 heteroatoms. The first-order valence-corrected chi connectivity index (χ1v) is 4.88. The van der Waals surface area contributed by atoms with Gasteiger partial charge in [0.25, 0.3) is 0 Å². The molecule has 0 unspecified atom stereocenters. The van der Waals surface area contributed by atoms with Gasteiger partial charge in [0.05, 0.1) is 11.3 Å². The first-order valence-electron chi connectivity index (χ1n) is 4.88. The van der Waals surface area contributed by atoms with Crippen LogP contribution in [-0.4, -0.2) is 9.78 Å². The molecule has 0 aliphatic rings. The summed E-state index contributed by atoms with van der Waals surface area (Å²) in [5.41, 5.74) is 5.81. The molecule has 2 rings (SSSR count). The van der Waals surface area contributed by atoms with Gasteiger partial charge in [-0.3, -0.25) is 0 Å². The van der Waals surface area contributed by atoms with E-state index in [1.165, 1.54) is 10.7 Å². The highest BCUT2D eigenvalue weighted by atomic mass is 35.5. The van der Waals surface area contributed by atoms with Crippen LogP contribution in [0.25, 0.3) is 5.69 Å². The van der Waals surface area contributed by atoms with Crippen LogP contribution < -0.4 is 5.73 Å². The van der Waals surface area contributed by atoms with Gasteiger partial charge in [-0.15, -0.1) is 12.4 Å². The van der Waals surface area contributed by atoms with Gasteiger partial charge in [0.15, 0.2) is 0 Å². The molecule has 0 radical (unpaired) electrons. The van der Waals surface area contributed by atoms with E-state index < -0.39 is 11.7 Å². The lowest BCUT2D eigenvalue weighted by Gasteiger charge is -2.09. The Balaban J connectivity index is 0.00000162. The summed E-state index contributed by atoms with van der Waals surface area (Å²) in [5.74, 6) is 0.278. The molecule has 2 aromatic rings. The van der Waals surface area contributed by atoms with Crippen molar-refractivity contribution in [2.75, 3.05) is 5.73 Å². The molecule has 0 saturated heterocycles. The Labute approximate surface area is 108 Å². The summed E-state index contributed by atoms with van der Waals surface area (Å²) in [6, 6.07) is 6.55. The van der Waals surface area contributed by atoms with Crippen LogP contribution in [0.2, 0.25) is 0 Å². The number of alkyl halides is 3. The number of aryl methyl sites for hydroxylation is 1. The fraction of sp³-hybridized carbons (Fsp3) is 0.182. The van der Waals surface area contributed by atoms with E-state index in [0.717, 1.165) is 12.1 Å². The van der Waals surface area contributed by atoms with Crippen molar-refractivity contribution in [3.8, 4) is 5.69 Å². The van der Waals surface area contributed by atoms with Crippen LogP contribution in [0.5, 0.6) is 0 Å². The van der Waals surface area contributed by atoms with E-state index in [4.69, 9.17) is 5.73 Å². The van der Waals surface area contributed by atoms with E-state index in [1.54, 1.807) is 19.1 Å². The molecular formula is C11H11ClF3N3. The van der Waals surface area contributed by atoms with Crippen molar-refractivity contribution in [3.63, 3.8) is 0 Å². The molecule has 0 amide bonds. The number of aromatic nitrogens is 2. The van der Waals surface area contributed by atoms with E-state index >= 15 is 0 Å². The average molecular weight is 278 g/mol. The van der Waals surface area contributed by atoms with E-state index in [9.17, 15) is 13.2 Å². The number of anilines is 1. The lowest BCUT2D eigenvalue weighted by molar-refractivity contribution is -0.137. The highest BCUT2D eigenvalue weighted by Crippen LogP contribution is 2.30. The van der Waals surface area contributed by atoms with Crippen molar-refractivity contribution in [3.05, 3.63) is 41.6 Å². The zero-order chi connectivity index (χ0) is 12.6. The summed E-state index contributed by atoms with van der Waals surface area (Å²) in [6.45, 7) is 1.73. The zero-order valence-corrected chi connectivity index (χ0v) is 10.2. The molecule has 0 saturated carbocycles. The molecule has 1 aromatic heterocycles. The van der Waals surface area contributed by atoms with Crippen LogP contribution in [0, 0.1) is 6.92 Å². The monoisotopic (exact) mass is 277 g/mol. The van der Waals surface area contributed by atoms with Gasteiger partial charge in [-0.1, -0.05) is 6.07 Å². The summed E-state index contributed by atoms with van der Waals surface area (Å²) in [6.07, 6.45) is -4.36. The maximum atomic E-state index is 12.5. The Bertz CT molecular complexity index is 549. The van der Waals surface area contributed by atoms with Crippen molar-refractivity contribution >= 4 is 18.2 Å². The molecule has 0 bridgehead atoms. The molecule has 0 aliphatic heterocycles. The Morgan fingerprint density at radius 2 is 1.89 bits per heavy atom. The number of hydrogen-bond acceptors (Lipinski definition) is 2.